The van der Waals surface area contributed by atoms with Crippen molar-refractivity contribution in [2.75, 3.05) is 25.2 Å². The van der Waals surface area contributed by atoms with Gasteiger partial charge in [0, 0.05) is 12.1 Å². The lowest BCUT2D eigenvalue weighted by Gasteiger charge is -2.44. The molecule has 2 atom stereocenters. The SMILES string of the molecule is CCOC(=O)CCNC(=O)C(c1ccc(CC)cc1)N(C(=O)C(CCSC)NC(=O)OC(C)(C)C)C(C)(C)CC. The summed E-state index contributed by atoms with van der Waals surface area (Å²) in [6, 6.07) is 5.71. The van der Waals surface area contributed by atoms with Gasteiger partial charge in [-0.15, -0.1) is 0 Å². The largest absolute Gasteiger partial charge is 0.466 e. The van der Waals surface area contributed by atoms with E-state index >= 15 is 0 Å². The maximum Gasteiger partial charge on any atom is 0.408 e. The number of thioether (sulfide) groups is 1. The summed E-state index contributed by atoms with van der Waals surface area (Å²) in [5.41, 5.74) is 0.252. The van der Waals surface area contributed by atoms with Crippen LogP contribution in [0.5, 0.6) is 0 Å². The number of amides is 3. The molecule has 0 radical (unpaired) electrons. The van der Waals surface area contributed by atoms with Crippen molar-refractivity contribution in [2.45, 2.75) is 104 Å². The van der Waals surface area contributed by atoms with Crippen LogP contribution in [0.25, 0.3) is 0 Å². The number of carbonyl (C=O) groups excluding carboxylic acids is 4. The molecule has 9 nitrogen and oxygen atoms in total. The standard InChI is InChI=1S/C30H49N3O6S/c1-10-21-13-15-22(16-14-21)25(26(35)31-19-17-24(34)38-12-3)33(30(7,8)11-2)27(36)23(18-20-40-9)32-28(37)39-29(4,5)6/h13-16,23,25H,10-12,17-20H2,1-9H3,(H,31,35)(H,32,37). The third-order valence-corrected chi connectivity index (χ3v) is 7.14. The van der Waals surface area contributed by atoms with E-state index in [-0.39, 0.29) is 25.5 Å². The number of hydrogen-bond acceptors (Lipinski definition) is 7. The highest BCUT2D eigenvalue weighted by Gasteiger charge is 2.43. The molecule has 0 aliphatic heterocycles. The maximum absolute atomic E-state index is 14.4. The third-order valence-electron chi connectivity index (χ3n) is 6.50. The minimum Gasteiger partial charge on any atom is -0.466 e. The van der Waals surface area contributed by atoms with Crippen LogP contribution in [0.15, 0.2) is 24.3 Å². The number of rotatable bonds is 15. The van der Waals surface area contributed by atoms with E-state index < -0.39 is 41.2 Å². The molecule has 1 rings (SSSR count). The molecular weight excluding hydrogens is 530 g/mol. The summed E-state index contributed by atoms with van der Waals surface area (Å²) < 4.78 is 10.4. The molecule has 1 aromatic rings. The molecule has 0 saturated carbocycles. The molecule has 2 N–H and O–H groups in total. The first-order valence-electron chi connectivity index (χ1n) is 14.0. The highest BCUT2D eigenvalue weighted by molar-refractivity contribution is 7.98. The monoisotopic (exact) mass is 579 g/mol. The molecule has 1 aromatic carbocycles. The molecule has 0 fully saturated rings. The van der Waals surface area contributed by atoms with Gasteiger partial charge >= 0.3 is 12.1 Å². The van der Waals surface area contributed by atoms with Crippen molar-refractivity contribution in [2.24, 2.45) is 0 Å². The lowest BCUT2D eigenvalue weighted by Crippen LogP contribution is -2.59. The number of nitrogens with zero attached hydrogens (tertiary/aromatic N) is 1. The molecule has 0 aliphatic carbocycles. The van der Waals surface area contributed by atoms with E-state index in [1.54, 1.807) is 44.4 Å². The zero-order valence-electron chi connectivity index (χ0n) is 25.7. The fourth-order valence-electron chi connectivity index (χ4n) is 4.03. The van der Waals surface area contributed by atoms with Crippen molar-refractivity contribution in [1.82, 2.24) is 15.5 Å². The molecule has 0 spiro atoms. The van der Waals surface area contributed by atoms with E-state index in [4.69, 9.17) is 9.47 Å². The third kappa shape index (κ3) is 11.4. The average Bonchev–Trinajstić information content (AvgIpc) is 2.88. The van der Waals surface area contributed by atoms with Crippen LogP contribution in [-0.2, 0) is 30.3 Å². The van der Waals surface area contributed by atoms with Crippen molar-refractivity contribution in [3.63, 3.8) is 0 Å². The summed E-state index contributed by atoms with van der Waals surface area (Å²) in [5.74, 6) is -0.581. The Bertz CT molecular complexity index is 975. The van der Waals surface area contributed by atoms with Crippen LogP contribution in [-0.4, -0.2) is 71.1 Å². The summed E-state index contributed by atoms with van der Waals surface area (Å²) in [6.07, 6.45) is 3.00. The van der Waals surface area contributed by atoms with Crippen LogP contribution in [0.2, 0.25) is 0 Å². The number of hydrogen-bond donors (Lipinski definition) is 2. The van der Waals surface area contributed by atoms with Gasteiger partial charge in [-0.05, 0) is 83.9 Å². The summed E-state index contributed by atoms with van der Waals surface area (Å²) in [4.78, 5) is 54.4. The van der Waals surface area contributed by atoms with Crippen LogP contribution in [0, 0.1) is 0 Å². The molecule has 0 aliphatic rings. The van der Waals surface area contributed by atoms with Gasteiger partial charge in [0.2, 0.25) is 11.8 Å². The van der Waals surface area contributed by atoms with E-state index in [2.05, 4.69) is 10.6 Å². The van der Waals surface area contributed by atoms with Gasteiger partial charge in [-0.2, -0.15) is 11.8 Å². The van der Waals surface area contributed by atoms with Crippen molar-refractivity contribution >= 4 is 35.6 Å². The number of ether oxygens (including phenoxy) is 2. The van der Waals surface area contributed by atoms with Gasteiger partial charge in [0.05, 0.1) is 13.0 Å². The minimum atomic E-state index is -0.993. The fraction of sp³-hybridized carbons (Fsp3) is 0.667. The Morgan fingerprint density at radius 2 is 1.62 bits per heavy atom. The smallest absolute Gasteiger partial charge is 0.408 e. The van der Waals surface area contributed by atoms with Gasteiger partial charge in [-0.1, -0.05) is 38.1 Å². The van der Waals surface area contributed by atoms with Crippen molar-refractivity contribution in [1.29, 1.82) is 0 Å². The lowest BCUT2D eigenvalue weighted by molar-refractivity contribution is -0.149. The molecule has 10 heteroatoms. The second-order valence-electron chi connectivity index (χ2n) is 11.2. The topological polar surface area (TPSA) is 114 Å². The summed E-state index contributed by atoms with van der Waals surface area (Å²) >= 11 is 1.56. The molecular formula is C30H49N3O6S. The number of carbonyl (C=O) groups is 4. The van der Waals surface area contributed by atoms with Gasteiger partial charge in [0.15, 0.2) is 0 Å². The first-order valence-corrected chi connectivity index (χ1v) is 15.4. The normalized spacial score (nSPS) is 13.1. The number of aryl methyl sites for hydroxylation is 1. The number of benzene rings is 1. The Balaban J connectivity index is 3.55. The Hall–Kier alpha value is -2.75. The van der Waals surface area contributed by atoms with E-state index in [1.165, 1.54) is 0 Å². The Morgan fingerprint density at radius 1 is 1.00 bits per heavy atom. The minimum absolute atomic E-state index is 0.0166. The van der Waals surface area contributed by atoms with Gasteiger partial charge in [-0.3, -0.25) is 14.4 Å². The number of alkyl carbamates (subject to hydrolysis) is 1. The zero-order valence-corrected chi connectivity index (χ0v) is 26.5. The maximum atomic E-state index is 14.4. The Labute approximate surface area is 244 Å². The quantitative estimate of drug-likeness (QED) is 0.280. The molecule has 0 aromatic heterocycles. The van der Waals surface area contributed by atoms with Crippen molar-refractivity contribution in [3.8, 4) is 0 Å². The Morgan fingerprint density at radius 3 is 2.12 bits per heavy atom. The number of esters is 1. The highest BCUT2D eigenvalue weighted by Crippen LogP contribution is 2.33. The lowest BCUT2D eigenvalue weighted by atomic mass is 9.91. The second kappa shape index (κ2) is 16.5. The highest BCUT2D eigenvalue weighted by atomic mass is 32.2. The molecule has 40 heavy (non-hydrogen) atoms. The van der Waals surface area contributed by atoms with E-state index in [1.807, 2.05) is 58.2 Å². The average molecular weight is 580 g/mol. The van der Waals surface area contributed by atoms with Gasteiger partial charge in [0.25, 0.3) is 0 Å². The van der Waals surface area contributed by atoms with Crippen LogP contribution in [0.4, 0.5) is 4.79 Å². The fourth-order valence-corrected chi connectivity index (χ4v) is 4.50. The Kier molecular flexibility index (Phi) is 14.6. The first-order chi connectivity index (χ1) is 18.7. The zero-order chi connectivity index (χ0) is 30.5. The van der Waals surface area contributed by atoms with Gasteiger partial charge in [0.1, 0.15) is 17.7 Å². The van der Waals surface area contributed by atoms with Crippen molar-refractivity contribution < 1.29 is 28.7 Å². The van der Waals surface area contributed by atoms with Crippen LogP contribution in [0.1, 0.15) is 91.8 Å². The molecule has 0 saturated heterocycles. The predicted octanol–water partition coefficient (Wildman–Crippen LogP) is 5.02. The molecule has 0 heterocycles. The van der Waals surface area contributed by atoms with Gasteiger partial charge < -0.3 is 25.0 Å². The van der Waals surface area contributed by atoms with Crippen LogP contribution in [0.3, 0.4) is 0 Å². The van der Waals surface area contributed by atoms with E-state index in [0.29, 0.717) is 24.2 Å². The first kappa shape index (κ1) is 35.3. The molecule has 226 valence electrons. The van der Waals surface area contributed by atoms with E-state index in [9.17, 15) is 19.2 Å². The van der Waals surface area contributed by atoms with Crippen molar-refractivity contribution in [3.05, 3.63) is 35.4 Å². The van der Waals surface area contributed by atoms with E-state index in [0.717, 1.165) is 12.0 Å². The summed E-state index contributed by atoms with van der Waals surface area (Å²) in [6.45, 7) is 15.1. The van der Waals surface area contributed by atoms with Crippen LogP contribution >= 0.6 is 11.8 Å². The van der Waals surface area contributed by atoms with Crippen LogP contribution < -0.4 is 10.6 Å². The molecule has 2 unspecified atom stereocenters. The predicted molar refractivity (Wildman–Crippen MR) is 160 cm³/mol. The second-order valence-corrected chi connectivity index (χ2v) is 12.2. The molecule has 0 bridgehead atoms. The summed E-state index contributed by atoms with van der Waals surface area (Å²) in [7, 11) is 0. The van der Waals surface area contributed by atoms with Gasteiger partial charge in [-0.25, -0.2) is 4.79 Å². The molecule has 3 amide bonds. The number of nitrogens with one attached hydrogen (secondary N) is 2. The summed E-state index contributed by atoms with van der Waals surface area (Å²) in [5, 5.41) is 5.60.